The minimum absolute atomic E-state index is 0.225. The molecule has 0 saturated heterocycles. The van der Waals surface area contributed by atoms with Crippen molar-refractivity contribution in [2.24, 2.45) is 0 Å². The van der Waals surface area contributed by atoms with Crippen molar-refractivity contribution in [3.05, 3.63) is 48.8 Å². The molecule has 1 heterocycles. The Hall–Kier alpha value is -0.540. The van der Waals surface area contributed by atoms with Crippen molar-refractivity contribution in [3.8, 4) is 0 Å². The number of carbonyl (C=O) groups is 1. The van der Waals surface area contributed by atoms with Crippen LogP contribution in [-0.2, 0) is 0 Å². The van der Waals surface area contributed by atoms with Gasteiger partial charge in [0.2, 0.25) is 0 Å². The predicted molar refractivity (Wildman–Crippen MR) is 84.5 cm³/mol. The van der Waals surface area contributed by atoms with Gasteiger partial charge in [-0.1, -0.05) is 0 Å². The van der Waals surface area contributed by atoms with Crippen molar-refractivity contribution in [3.63, 3.8) is 0 Å². The van der Waals surface area contributed by atoms with Crippen LogP contribution in [0.1, 0.15) is 10.4 Å². The number of carbonyl (C=O) groups excluding carboxylic acids is 1. The first-order chi connectivity index (χ1) is 8.56. The van der Waals surface area contributed by atoms with Crippen molar-refractivity contribution in [2.75, 3.05) is 5.32 Å². The van der Waals surface area contributed by atoms with Gasteiger partial charge in [0.25, 0.3) is 5.91 Å². The van der Waals surface area contributed by atoms with E-state index in [1.165, 1.54) is 12.4 Å². The van der Waals surface area contributed by atoms with Crippen LogP contribution < -0.4 is 5.32 Å². The second-order valence-electron chi connectivity index (χ2n) is 3.30. The topological polar surface area (TPSA) is 54.9 Å². The molecule has 0 fully saturated rings. The maximum absolute atomic E-state index is 12.0. The number of nitrogens with zero attached hydrogens (tertiary/aromatic N) is 2. The summed E-state index contributed by atoms with van der Waals surface area (Å²) in [4.78, 5) is 20.1. The van der Waals surface area contributed by atoms with E-state index in [1.807, 2.05) is 12.1 Å². The number of nitrogens with one attached hydrogen (secondary N) is 1. The molecule has 1 aromatic carbocycles. The molecule has 4 nitrogen and oxygen atoms in total. The molecular formula is C11H6Br2IN3O. The second kappa shape index (κ2) is 6.07. The Balaban J connectivity index is 2.21. The summed E-state index contributed by atoms with van der Waals surface area (Å²) in [7, 11) is 0. The van der Waals surface area contributed by atoms with E-state index in [0.29, 0.717) is 16.0 Å². The summed E-state index contributed by atoms with van der Waals surface area (Å²) in [6.07, 6.45) is 3.02. The second-order valence-corrected chi connectivity index (χ2v) is 6.22. The molecule has 0 aliphatic carbocycles. The highest BCUT2D eigenvalue weighted by molar-refractivity contribution is 14.1. The minimum Gasteiger partial charge on any atom is -0.305 e. The first-order valence-corrected chi connectivity index (χ1v) is 7.46. The van der Waals surface area contributed by atoms with E-state index in [9.17, 15) is 4.79 Å². The van der Waals surface area contributed by atoms with E-state index >= 15 is 0 Å². The zero-order valence-electron chi connectivity index (χ0n) is 8.82. The average Bonchev–Trinajstić information content (AvgIpc) is 2.35. The van der Waals surface area contributed by atoms with Crippen molar-refractivity contribution in [1.82, 2.24) is 9.97 Å². The largest absolute Gasteiger partial charge is 0.305 e. The third-order valence-electron chi connectivity index (χ3n) is 2.03. The van der Waals surface area contributed by atoms with Crippen molar-refractivity contribution in [2.45, 2.75) is 0 Å². The summed E-state index contributed by atoms with van der Waals surface area (Å²) in [5, 5.41) is 2.69. The van der Waals surface area contributed by atoms with Crippen LogP contribution in [0.25, 0.3) is 0 Å². The molecule has 1 aromatic heterocycles. The van der Waals surface area contributed by atoms with Crippen LogP contribution >= 0.6 is 54.5 Å². The lowest BCUT2D eigenvalue weighted by atomic mass is 10.2. The molecule has 1 N–H and O–H groups in total. The van der Waals surface area contributed by atoms with Gasteiger partial charge in [-0.05, 0) is 72.6 Å². The van der Waals surface area contributed by atoms with Crippen LogP contribution in [0, 0.1) is 3.57 Å². The molecule has 0 saturated carbocycles. The fourth-order valence-electron chi connectivity index (χ4n) is 1.23. The van der Waals surface area contributed by atoms with Gasteiger partial charge in [0, 0.05) is 8.04 Å². The molecule has 0 bridgehead atoms. The standard InChI is InChI=1S/C11H6Br2IN3O/c12-8-2-1-6(14)3-7(8)11(18)17-10-5-15-9(13)4-16-10/h1-5H,(H,16,17,18). The lowest BCUT2D eigenvalue weighted by Gasteiger charge is -2.06. The molecule has 7 heteroatoms. The quantitative estimate of drug-likeness (QED) is 0.661. The molecule has 0 radical (unpaired) electrons. The predicted octanol–water partition coefficient (Wildman–Crippen LogP) is 3.86. The molecule has 0 atom stereocenters. The smallest absolute Gasteiger partial charge is 0.258 e. The molecule has 0 aliphatic heterocycles. The number of benzene rings is 1. The normalized spacial score (nSPS) is 10.2. The fourth-order valence-corrected chi connectivity index (χ4v) is 2.35. The number of aromatic nitrogens is 2. The Bertz CT molecular complexity index is 589. The van der Waals surface area contributed by atoms with Gasteiger partial charge in [-0.25, -0.2) is 9.97 Å². The summed E-state index contributed by atoms with van der Waals surface area (Å²) >= 11 is 8.69. The Kier molecular flexibility index (Phi) is 4.68. The average molecular weight is 483 g/mol. The van der Waals surface area contributed by atoms with Crippen LogP contribution in [-0.4, -0.2) is 15.9 Å². The highest BCUT2D eigenvalue weighted by atomic mass is 127. The van der Waals surface area contributed by atoms with E-state index in [1.54, 1.807) is 6.07 Å². The number of amides is 1. The minimum atomic E-state index is -0.225. The molecule has 92 valence electrons. The van der Waals surface area contributed by atoms with Gasteiger partial charge in [0.1, 0.15) is 4.60 Å². The number of halogens is 3. The Labute approximate surface area is 134 Å². The van der Waals surface area contributed by atoms with Gasteiger partial charge >= 0.3 is 0 Å². The van der Waals surface area contributed by atoms with Crippen LogP contribution in [0.4, 0.5) is 5.82 Å². The van der Waals surface area contributed by atoms with E-state index in [2.05, 4.69) is 69.7 Å². The van der Waals surface area contributed by atoms with E-state index < -0.39 is 0 Å². The van der Waals surface area contributed by atoms with Crippen LogP contribution in [0.3, 0.4) is 0 Å². The lowest BCUT2D eigenvalue weighted by Crippen LogP contribution is -2.14. The monoisotopic (exact) mass is 481 g/mol. The van der Waals surface area contributed by atoms with Crippen molar-refractivity contribution in [1.29, 1.82) is 0 Å². The number of hydrogen-bond acceptors (Lipinski definition) is 3. The molecule has 2 rings (SSSR count). The van der Waals surface area contributed by atoms with E-state index in [4.69, 9.17) is 0 Å². The number of anilines is 1. The van der Waals surface area contributed by atoms with E-state index in [-0.39, 0.29) is 5.91 Å². The first-order valence-electron chi connectivity index (χ1n) is 4.80. The zero-order chi connectivity index (χ0) is 13.1. The molecular weight excluding hydrogens is 477 g/mol. The Morgan fingerprint density at radius 3 is 2.67 bits per heavy atom. The third-order valence-corrected chi connectivity index (χ3v) is 3.81. The summed E-state index contributed by atoms with van der Waals surface area (Å²) in [6, 6.07) is 5.55. The van der Waals surface area contributed by atoms with Gasteiger partial charge in [0.15, 0.2) is 5.82 Å². The first kappa shape index (κ1) is 13.9. The Morgan fingerprint density at radius 1 is 1.22 bits per heavy atom. The van der Waals surface area contributed by atoms with Gasteiger partial charge in [0.05, 0.1) is 18.0 Å². The summed E-state index contributed by atoms with van der Waals surface area (Å²) < 4.78 is 2.35. The summed E-state index contributed by atoms with van der Waals surface area (Å²) in [5.74, 6) is 0.186. The molecule has 2 aromatic rings. The summed E-state index contributed by atoms with van der Waals surface area (Å²) in [6.45, 7) is 0. The fraction of sp³-hybridized carbons (Fsp3) is 0. The third kappa shape index (κ3) is 3.48. The van der Waals surface area contributed by atoms with Crippen molar-refractivity contribution >= 4 is 66.2 Å². The van der Waals surface area contributed by atoms with Crippen LogP contribution in [0.5, 0.6) is 0 Å². The molecule has 0 aliphatic rings. The zero-order valence-corrected chi connectivity index (χ0v) is 14.2. The van der Waals surface area contributed by atoms with Gasteiger partial charge in [-0.3, -0.25) is 4.79 Å². The molecule has 1 amide bonds. The van der Waals surface area contributed by atoms with E-state index in [0.717, 1.165) is 8.04 Å². The maximum Gasteiger partial charge on any atom is 0.258 e. The van der Waals surface area contributed by atoms with Crippen molar-refractivity contribution < 1.29 is 4.79 Å². The van der Waals surface area contributed by atoms with Gasteiger partial charge in [-0.2, -0.15) is 0 Å². The Morgan fingerprint density at radius 2 is 2.00 bits per heavy atom. The van der Waals surface area contributed by atoms with Gasteiger partial charge < -0.3 is 5.32 Å². The molecule has 0 spiro atoms. The maximum atomic E-state index is 12.0. The van der Waals surface area contributed by atoms with Crippen LogP contribution in [0.15, 0.2) is 39.7 Å². The number of hydrogen-bond donors (Lipinski definition) is 1. The number of rotatable bonds is 2. The molecule has 18 heavy (non-hydrogen) atoms. The molecule has 0 unspecified atom stereocenters. The van der Waals surface area contributed by atoms with Crippen LogP contribution in [0.2, 0.25) is 0 Å². The van der Waals surface area contributed by atoms with Gasteiger partial charge in [-0.15, -0.1) is 0 Å². The lowest BCUT2D eigenvalue weighted by molar-refractivity contribution is 0.102. The highest BCUT2D eigenvalue weighted by Gasteiger charge is 2.11. The summed E-state index contributed by atoms with van der Waals surface area (Å²) in [5.41, 5.74) is 0.562. The SMILES string of the molecule is O=C(Nc1cnc(Br)cn1)c1cc(I)ccc1Br. The highest BCUT2D eigenvalue weighted by Crippen LogP contribution is 2.20.